The van der Waals surface area contributed by atoms with Gasteiger partial charge in [-0.15, -0.1) is 0 Å². The van der Waals surface area contributed by atoms with Gasteiger partial charge in [-0.1, -0.05) is 11.6 Å². The number of hydrogen-bond donors (Lipinski definition) is 3. The minimum Gasteiger partial charge on any atom is -0.413 e. The van der Waals surface area contributed by atoms with Gasteiger partial charge in [0.2, 0.25) is 5.90 Å². The van der Waals surface area contributed by atoms with Crippen LogP contribution in [0.1, 0.15) is 27.0 Å². The molecule has 4 N–H and O–H groups in total. The maximum absolute atomic E-state index is 13.2. The molecular formula is C24H18ClN5O4S2. The molecule has 9 nitrogen and oxygen atoms in total. The molecule has 4 rings (SSSR count). The number of anilines is 2. The fourth-order valence-corrected chi connectivity index (χ4v) is 5.54. The zero-order chi connectivity index (χ0) is 26.0. The highest BCUT2D eigenvalue weighted by molar-refractivity contribution is 7.92. The molecule has 36 heavy (non-hydrogen) atoms. The van der Waals surface area contributed by atoms with Gasteiger partial charge >= 0.3 is 0 Å². The van der Waals surface area contributed by atoms with Gasteiger partial charge in [0, 0.05) is 17.1 Å². The van der Waals surface area contributed by atoms with Gasteiger partial charge in [-0.05, 0) is 84.9 Å². The van der Waals surface area contributed by atoms with Crippen LogP contribution in [0.25, 0.3) is 0 Å². The van der Waals surface area contributed by atoms with Gasteiger partial charge in [-0.25, -0.2) is 8.42 Å². The molecule has 0 unspecified atom stereocenters. The lowest BCUT2D eigenvalue weighted by Crippen LogP contribution is -2.29. The third kappa shape index (κ3) is 5.01. The summed E-state index contributed by atoms with van der Waals surface area (Å²) in [5, 5.41) is 20.0. The Labute approximate surface area is 217 Å². The smallest absolute Gasteiger partial charge is 0.264 e. The van der Waals surface area contributed by atoms with Crippen molar-refractivity contribution in [1.82, 2.24) is 0 Å². The maximum Gasteiger partial charge on any atom is 0.264 e. The molecule has 3 aromatic carbocycles. The molecule has 182 valence electrons. The van der Waals surface area contributed by atoms with Crippen LogP contribution >= 0.6 is 23.8 Å². The second-order valence-electron chi connectivity index (χ2n) is 7.70. The third-order valence-electron chi connectivity index (χ3n) is 5.44. The molecule has 1 heterocycles. The molecule has 1 aliphatic heterocycles. The van der Waals surface area contributed by atoms with Crippen molar-refractivity contribution in [3.8, 4) is 6.07 Å². The monoisotopic (exact) mass is 539 g/mol. The van der Waals surface area contributed by atoms with Crippen molar-refractivity contribution in [3.63, 3.8) is 0 Å². The summed E-state index contributed by atoms with van der Waals surface area (Å²) in [4.78, 5) is 12.9. The Morgan fingerprint density at radius 2 is 1.89 bits per heavy atom. The average molecular weight is 540 g/mol. The van der Waals surface area contributed by atoms with E-state index in [2.05, 4.69) is 17.5 Å². The Kier molecular flexibility index (Phi) is 6.94. The molecule has 0 spiro atoms. The third-order valence-corrected chi connectivity index (χ3v) is 7.59. The Morgan fingerprint density at radius 3 is 2.56 bits per heavy atom. The molecule has 0 bridgehead atoms. The Morgan fingerprint density at radius 1 is 1.17 bits per heavy atom. The Hall–Kier alpha value is -3.98. The number of carbonyl (C=O) groups excluding carboxylic acids is 1. The summed E-state index contributed by atoms with van der Waals surface area (Å²) in [6.07, 6.45) is 0.552. The normalized spacial score (nSPS) is 12.4. The highest BCUT2D eigenvalue weighted by Gasteiger charge is 2.31. The van der Waals surface area contributed by atoms with Crippen LogP contribution in [0.15, 0.2) is 65.6 Å². The van der Waals surface area contributed by atoms with E-state index in [0.29, 0.717) is 23.7 Å². The fourth-order valence-electron chi connectivity index (χ4n) is 3.76. The molecule has 3 aromatic rings. The first-order chi connectivity index (χ1) is 17.1. The van der Waals surface area contributed by atoms with E-state index in [1.165, 1.54) is 46.8 Å². The number of nitriles is 1. The van der Waals surface area contributed by atoms with Gasteiger partial charge in [0.25, 0.3) is 21.1 Å². The van der Waals surface area contributed by atoms with E-state index in [-0.39, 0.29) is 32.4 Å². The number of sulfonamides is 1. The predicted molar refractivity (Wildman–Crippen MR) is 140 cm³/mol. The van der Waals surface area contributed by atoms with Crippen LogP contribution in [-0.4, -0.2) is 31.9 Å². The van der Waals surface area contributed by atoms with Crippen LogP contribution in [0.4, 0.5) is 11.4 Å². The van der Waals surface area contributed by atoms with E-state index in [1.807, 2.05) is 6.07 Å². The number of nitrogens with one attached hydrogen (secondary N) is 2. The first-order valence-corrected chi connectivity index (χ1v) is 12.7. The summed E-state index contributed by atoms with van der Waals surface area (Å²) >= 11 is 10.7. The number of hydrogen-bond acceptors (Lipinski definition) is 7. The largest absolute Gasteiger partial charge is 0.413 e. The Bertz CT molecular complexity index is 1550. The van der Waals surface area contributed by atoms with Gasteiger partial charge in [0.15, 0.2) is 0 Å². The molecule has 0 fully saturated rings. The number of thiocarbonyl (C=S) groups is 1. The maximum atomic E-state index is 13.2. The van der Waals surface area contributed by atoms with E-state index in [1.54, 1.807) is 18.2 Å². The van der Waals surface area contributed by atoms with Gasteiger partial charge in [0.05, 0.1) is 33.5 Å². The molecule has 0 saturated carbocycles. The fraction of sp³-hybridized carbons (Fsp3) is 0.0833. The van der Waals surface area contributed by atoms with Crippen molar-refractivity contribution in [2.45, 2.75) is 11.3 Å². The van der Waals surface area contributed by atoms with E-state index >= 15 is 0 Å². The number of ether oxygens (including phenoxy) is 1. The van der Waals surface area contributed by atoms with Crippen LogP contribution in [-0.2, 0) is 21.2 Å². The molecule has 0 saturated heterocycles. The first-order valence-electron chi connectivity index (χ1n) is 10.4. The lowest BCUT2D eigenvalue weighted by atomic mass is 10.1. The van der Waals surface area contributed by atoms with Crippen molar-refractivity contribution in [2.24, 2.45) is 5.73 Å². The number of amides is 1. The summed E-state index contributed by atoms with van der Waals surface area (Å²) in [5.41, 5.74) is 7.46. The van der Waals surface area contributed by atoms with Gasteiger partial charge in [-0.2, -0.15) is 5.26 Å². The summed E-state index contributed by atoms with van der Waals surface area (Å²) in [6.45, 7) is 0.294. The minimum atomic E-state index is -3.84. The SMILES string of the molecule is N#Cc1ccc(NC(=O)c2ccc(S(=O)(=O)N3CCc4cc(Cl)ccc43)cc2)c(C(=N)OC(N)=S)c1. The number of fused-ring (bicyclic) bond motifs is 1. The highest BCUT2D eigenvalue weighted by Crippen LogP contribution is 2.34. The molecule has 0 radical (unpaired) electrons. The highest BCUT2D eigenvalue weighted by atomic mass is 35.5. The lowest BCUT2D eigenvalue weighted by Gasteiger charge is -2.20. The molecule has 0 aromatic heterocycles. The number of carbonyl (C=O) groups is 1. The van der Waals surface area contributed by atoms with Crippen molar-refractivity contribution in [3.05, 3.63) is 87.9 Å². The predicted octanol–water partition coefficient (Wildman–Crippen LogP) is 3.80. The number of nitrogens with zero attached hydrogens (tertiary/aromatic N) is 2. The lowest BCUT2D eigenvalue weighted by molar-refractivity contribution is 0.102. The van der Waals surface area contributed by atoms with Crippen molar-refractivity contribution in [2.75, 3.05) is 16.2 Å². The van der Waals surface area contributed by atoms with Crippen LogP contribution < -0.4 is 15.4 Å². The molecule has 0 atom stereocenters. The quantitative estimate of drug-likeness (QED) is 0.253. The minimum absolute atomic E-state index is 0.0348. The van der Waals surface area contributed by atoms with Gasteiger partial charge in [0.1, 0.15) is 0 Å². The van der Waals surface area contributed by atoms with Crippen LogP contribution in [0, 0.1) is 16.7 Å². The second-order valence-corrected chi connectivity index (χ2v) is 10.4. The number of benzene rings is 3. The molecule has 1 aliphatic rings. The van der Waals surface area contributed by atoms with Crippen molar-refractivity contribution < 1.29 is 17.9 Å². The number of nitrogens with two attached hydrogens (primary N) is 1. The number of halogens is 1. The molecule has 0 aliphatic carbocycles. The Balaban J connectivity index is 1.56. The second kappa shape index (κ2) is 9.94. The zero-order valence-corrected chi connectivity index (χ0v) is 20.9. The summed E-state index contributed by atoms with van der Waals surface area (Å²) < 4.78 is 32.7. The van der Waals surface area contributed by atoms with Gasteiger partial charge < -0.3 is 15.8 Å². The van der Waals surface area contributed by atoms with Crippen molar-refractivity contribution >= 4 is 62.2 Å². The van der Waals surface area contributed by atoms with Crippen LogP contribution in [0.5, 0.6) is 0 Å². The van der Waals surface area contributed by atoms with E-state index in [4.69, 9.17) is 32.7 Å². The standard InChI is InChI=1S/C24H18ClN5O4S2/c25-17-4-8-21-16(12-17)9-10-30(21)36(32,33)18-5-2-15(3-6-18)23(31)29-20-7-1-14(13-26)11-19(20)22(27)34-24(28)35/h1-8,11-12,27H,9-10H2,(H2,28,35)(H,29,31). The summed E-state index contributed by atoms with van der Waals surface area (Å²) in [6, 6.07) is 16.8. The number of rotatable bonds is 5. The van der Waals surface area contributed by atoms with E-state index in [0.717, 1.165) is 5.56 Å². The molecule has 1 amide bonds. The average Bonchev–Trinajstić information content (AvgIpc) is 3.27. The van der Waals surface area contributed by atoms with Crippen molar-refractivity contribution in [1.29, 1.82) is 10.7 Å². The summed E-state index contributed by atoms with van der Waals surface area (Å²) in [7, 11) is -3.84. The first kappa shape index (κ1) is 25.1. The summed E-state index contributed by atoms with van der Waals surface area (Å²) in [5.74, 6) is -1.00. The molecule has 12 heteroatoms. The molecular weight excluding hydrogens is 522 g/mol. The van der Waals surface area contributed by atoms with E-state index in [9.17, 15) is 13.2 Å². The van der Waals surface area contributed by atoms with Crippen LogP contribution in [0.2, 0.25) is 5.02 Å². The van der Waals surface area contributed by atoms with Crippen LogP contribution in [0.3, 0.4) is 0 Å². The zero-order valence-electron chi connectivity index (χ0n) is 18.5. The topological polar surface area (TPSA) is 149 Å². The van der Waals surface area contributed by atoms with E-state index < -0.39 is 21.8 Å². The van der Waals surface area contributed by atoms with Gasteiger partial charge in [-0.3, -0.25) is 14.5 Å².